The molecule has 3 heterocycles. The van der Waals surface area contributed by atoms with Crippen molar-refractivity contribution in [2.24, 2.45) is 0 Å². The molecule has 5 rings (SSSR count). The first-order chi connectivity index (χ1) is 17.4. The zero-order valence-corrected chi connectivity index (χ0v) is 21.6. The van der Waals surface area contributed by atoms with E-state index in [1.807, 2.05) is 48.5 Å². The van der Waals surface area contributed by atoms with E-state index in [4.69, 9.17) is 18.9 Å². The van der Waals surface area contributed by atoms with Gasteiger partial charge in [0.15, 0.2) is 22.7 Å². The molecule has 0 aliphatic heterocycles. The van der Waals surface area contributed by atoms with Gasteiger partial charge in [-0.3, -0.25) is 0 Å². The van der Waals surface area contributed by atoms with Crippen LogP contribution in [0.1, 0.15) is 63.7 Å². The lowest BCUT2D eigenvalue weighted by Gasteiger charge is -2.18. The van der Waals surface area contributed by atoms with E-state index in [9.17, 15) is 0 Å². The Morgan fingerprint density at radius 1 is 1.11 bits per heavy atom. The molecule has 0 amide bonds. The molecule has 0 fully saturated rings. The topological polar surface area (TPSA) is 99.0 Å². The van der Waals surface area contributed by atoms with Crippen LogP contribution in [0.15, 0.2) is 58.3 Å². The summed E-state index contributed by atoms with van der Waals surface area (Å²) in [7, 11) is 0. The quantitative estimate of drug-likeness (QED) is 0.234. The summed E-state index contributed by atoms with van der Waals surface area (Å²) in [5.74, 6) is 2.88. The van der Waals surface area contributed by atoms with Gasteiger partial charge in [0.05, 0.1) is 5.69 Å². The maximum Gasteiger partial charge on any atom is 0.189 e. The minimum absolute atomic E-state index is 0.00404. The largest absolute Gasteiger partial charge is 0.489 e. The van der Waals surface area contributed by atoms with Crippen molar-refractivity contribution in [3.8, 4) is 22.3 Å². The molecule has 2 aromatic carbocycles. The predicted octanol–water partition coefficient (Wildman–Crippen LogP) is 6.87. The number of benzene rings is 2. The Labute approximate surface area is 213 Å². The Morgan fingerprint density at radius 2 is 1.97 bits per heavy atom. The van der Waals surface area contributed by atoms with Crippen LogP contribution in [0.5, 0.6) is 11.5 Å². The number of fused-ring (bicyclic) bond motifs is 1. The van der Waals surface area contributed by atoms with E-state index in [1.165, 1.54) is 0 Å². The van der Waals surface area contributed by atoms with Crippen LogP contribution < -0.4 is 9.47 Å². The van der Waals surface area contributed by atoms with Crippen LogP contribution in [-0.4, -0.2) is 25.6 Å². The molecule has 0 saturated heterocycles. The van der Waals surface area contributed by atoms with Crippen LogP contribution in [0, 0.1) is 0 Å². The standard InChI is InChI=1S/C27H29N5O3S/c1-5-8-22(25-29-31-32-30-25)34-20-10-7-6-9-17(20)15-33-19-11-12-21-18(13-19)14-23(35-21)26-28-24(16-36-26)27(2,3)4/h6-7,9-14,16,22H,5,8,15H2,1-4H3,(H,29,30,31,32). The van der Waals surface area contributed by atoms with Crippen molar-refractivity contribution >= 4 is 22.3 Å². The molecule has 1 atom stereocenters. The van der Waals surface area contributed by atoms with Crippen molar-refractivity contribution in [2.45, 2.75) is 58.7 Å². The molecular formula is C27H29N5O3S. The highest BCUT2D eigenvalue weighted by Crippen LogP contribution is 2.35. The molecule has 1 N–H and O–H groups in total. The molecule has 9 heteroatoms. The number of ether oxygens (including phenoxy) is 2. The minimum Gasteiger partial charge on any atom is -0.489 e. The van der Waals surface area contributed by atoms with Gasteiger partial charge in [0.25, 0.3) is 0 Å². The third kappa shape index (κ3) is 5.26. The lowest BCUT2D eigenvalue weighted by molar-refractivity contribution is 0.178. The monoisotopic (exact) mass is 503 g/mol. The molecule has 0 radical (unpaired) electrons. The molecule has 186 valence electrons. The Kier molecular flexibility index (Phi) is 6.73. The van der Waals surface area contributed by atoms with Gasteiger partial charge in [-0.1, -0.05) is 52.3 Å². The molecule has 0 bridgehead atoms. The molecule has 5 aromatic rings. The normalized spacial score (nSPS) is 12.7. The summed E-state index contributed by atoms with van der Waals surface area (Å²) in [6.45, 7) is 8.94. The fraction of sp³-hybridized carbons (Fsp3) is 0.333. The number of para-hydroxylation sites is 1. The number of hydrogen-bond donors (Lipinski definition) is 1. The molecule has 3 aromatic heterocycles. The second kappa shape index (κ2) is 10.1. The summed E-state index contributed by atoms with van der Waals surface area (Å²) in [6, 6.07) is 15.7. The first-order valence-electron chi connectivity index (χ1n) is 12.0. The number of tetrazole rings is 1. The summed E-state index contributed by atoms with van der Waals surface area (Å²) in [5, 5.41) is 18.2. The van der Waals surface area contributed by atoms with Gasteiger partial charge in [-0.25, -0.2) is 10.1 Å². The number of aromatic amines is 1. The van der Waals surface area contributed by atoms with Gasteiger partial charge >= 0.3 is 0 Å². The fourth-order valence-electron chi connectivity index (χ4n) is 3.82. The van der Waals surface area contributed by atoms with Gasteiger partial charge in [0.1, 0.15) is 23.7 Å². The van der Waals surface area contributed by atoms with Crippen LogP contribution in [0.4, 0.5) is 0 Å². The SMILES string of the molecule is CCCC(Oc1ccccc1COc1ccc2oc(-c3nc(C(C)(C)C)cs3)cc2c1)c1nnn[nH]1. The van der Waals surface area contributed by atoms with Crippen molar-refractivity contribution in [1.82, 2.24) is 25.6 Å². The molecule has 1 unspecified atom stereocenters. The summed E-state index contributed by atoms with van der Waals surface area (Å²) in [5.41, 5.74) is 2.81. The lowest BCUT2D eigenvalue weighted by Crippen LogP contribution is -2.11. The summed E-state index contributed by atoms with van der Waals surface area (Å²) in [6.07, 6.45) is 1.48. The van der Waals surface area contributed by atoms with Gasteiger partial charge in [0, 0.05) is 21.7 Å². The fourth-order valence-corrected chi connectivity index (χ4v) is 4.81. The number of H-pyrrole nitrogens is 1. The van der Waals surface area contributed by atoms with E-state index in [1.54, 1.807) is 11.3 Å². The minimum atomic E-state index is -0.253. The van der Waals surface area contributed by atoms with Gasteiger partial charge in [-0.05, 0) is 47.2 Å². The molecular weight excluding hydrogens is 474 g/mol. The van der Waals surface area contributed by atoms with Crippen molar-refractivity contribution in [3.05, 3.63) is 71.0 Å². The molecule has 36 heavy (non-hydrogen) atoms. The highest BCUT2D eigenvalue weighted by Gasteiger charge is 2.20. The summed E-state index contributed by atoms with van der Waals surface area (Å²) < 4.78 is 18.5. The van der Waals surface area contributed by atoms with E-state index in [0.29, 0.717) is 12.4 Å². The third-order valence-electron chi connectivity index (χ3n) is 5.82. The van der Waals surface area contributed by atoms with Crippen molar-refractivity contribution in [3.63, 3.8) is 0 Å². The van der Waals surface area contributed by atoms with Crippen molar-refractivity contribution < 1.29 is 13.9 Å². The Balaban J connectivity index is 1.31. The zero-order chi connectivity index (χ0) is 25.1. The van der Waals surface area contributed by atoms with Gasteiger partial charge < -0.3 is 13.9 Å². The molecule has 0 aliphatic rings. The number of hydrogen-bond acceptors (Lipinski definition) is 8. The van der Waals surface area contributed by atoms with Crippen LogP contribution in [-0.2, 0) is 12.0 Å². The smallest absolute Gasteiger partial charge is 0.189 e. The highest BCUT2D eigenvalue weighted by molar-refractivity contribution is 7.13. The first kappa shape index (κ1) is 24.0. The number of thiazole rings is 1. The van der Waals surface area contributed by atoms with Gasteiger partial charge in [0.2, 0.25) is 0 Å². The van der Waals surface area contributed by atoms with E-state index < -0.39 is 0 Å². The Morgan fingerprint density at radius 3 is 2.72 bits per heavy atom. The second-order valence-corrected chi connectivity index (χ2v) is 10.5. The molecule has 0 spiro atoms. The van der Waals surface area contributed by atoms with Crippen LogP contribution >= 0.6 is 11.3 Å². The average molecular weight is 504 g/mol. The predicted molar refractivity (Wildman–Crippen MR) is 139 cm³/mol. The van der Waals surface area contributed by atoms with E-state index in [-0.39, 0.29) is 11.5 Å². The van der Waals surface area contributed by atoms with Gasteiger partial charge in [-0.2, -0.15) is 0 Å². The van der Waals surface area contributed by atoms with Crippen LogP contribution in [0.25, 0.3) is 21.7 Å². The van der Waals surface area contributed by atoms with E-state index >= 15 is 0 Å². The van der Waals surface area contributed by atoms with Crippen molar-refractivity contribution in [1.29, 1.82) is 0 Å². The number of nitrogens with one attached hydrogen (secondary N) is 1. The number of rotatable bonds is 9. The first-order valence-corrected chi connectivity index (χ1v) is 12.9. The maximum atomic E-state index is 6.29. The average Bonchev–Trinajstić information content (AvgIpc) is 3.63. The maximum absolute atomic E-state index is 6.29. The highest BCUT2D eigenvalue weighted by atomic mass is 32.1. The number of furan rings is 1. The lowest BCUT2D eigenvalue weighted by atomic mass is 9.93. The molecule has 8 nitrogen and oxygen atoms in total. The van der Waals surface area contributed by atoms with Crippen LogP contribution in [0.2, 0.25) is 0 Å². The van der Waals surface area contributed by atoms with Crippen LogP contribution in [0.3, 0.4) is 0 Å². The van der Waals surface area contributed by atoms with E-state index in [2.05, 4.69) is 53.7 Å². The van der Waals surface area contributed by atoms with Gasteiger partial charge in [-0.15, -0.1) is 16.4 Å². The Bertz CT molecular complexity index is 1440. The summed E-state index contributed by atoms with van der Waals surface area (Å²) in [4.78, 5) is 4.78. The van der Waals surface area contributed by atoms with Crippen molar-refractivity contribution in [2.75, 3.05) is 0 Å². The third-order valence-corrected chi connectivity index (χ3v) is 6.68. The zero-order valence-electron chi connectivity index (χ0n) is 20.8. The molecule has 0 saturated carbocycles. The number of aromatic nitrogens is 5. The van der Waals surface area contributed by atoms with E-state index in [0.717, 1.165) is 57.3 Å². The second-order valence-electron chi connectivity index (χ2n) is 9.68. The Hall–Kier alpha value is -3.72. The number of nitrogens with zero attached hydrogens (tertiary/aromatic N) is 4. The summed E-state index contributed by atoms with van der Waals surface area (Å²) >= 11 is 1.60. The molecule has 0 aliphatic carbocycles.